The molecule has 9 heteroatoms. The fourth-order valence-corrected chi connectivity index (χ4v) is 3.48. The number of alkyl halides is 3. The van der Waals surface area contributed by atoms with Crippen LogP contribution >= 0.6 is 23.4 Å². The molecule has 2 heterocycles. The van der Waals surface area contributed by atoms with E-state index in [0.29, 0.717) is 5.56 Å². The molecule has 0 bridgehead atoms. The van der Waals surface area contributed by atoms with Gasteiger partial charge in [0.05, 0.1) is 15.8 Å². The van der Waals surface area contributed by atoms with Crippen molar-refractivity contribution in [2.24, 2.45) is 0 Å². The van der Waals surface area contributed by atoms with Gasteiger partial charge in [0, 0.05) is 11.8 Å². The molecule has 3 rings (SSSR count). The molecule has 0 fully saturated rings. The fourth-order valence-electron chi connectivity index (χ4n) is 2.33. The Morgan fingerprint density at radius 2 is 1.88 bits per heavy atom. The van der Waals surface area contributed by atoms with Crippen LogP contribution in [0.5, 0.6) is 0 Å². The zero-order valence-electron chi connectivity index (χ0n) is 13.7. The van der Waals surface area contributed by atoms with E-state index in [0.717, 1.165) is 34.0 Å². The highest BCUT2D eigenvalue weighted by molar-refractivity contribution is 8.00. The number of hydrogen-bond acceptors (Lipinski definition) is 4. The highest BCUT2D eigenvalue weighted by Crippen LogP contribution is 2.34. The lowest BCUT2D eigenvalue weighted by Gasteiger charge is -2.11. The van der Waals surface area contributed by atoms with Crippen LogP contribution in [-0.2, 0) is 6.18 Å². The number of thioether (sulfide) groups is 1. The molecule has 0 saturated carbocycles. The van der Waals surface area contributed by atoms with E-state index >= 15 is 0 Å². The van der Waals surface area contributed by atoms with Crippen LogP contribution in [0.25, 0.3) is 5.65 Å². The molecule has 0 spiro atoms. The van der Waals surface area contributed by atoms with E-state index in [1.807, 2.05) is 19.1 Å². The van der Waals surface area contributed by atoms with Crippen molar-refractivity contribution in [2.75, 3.05) is 0 Å². The minimum Gasteiger partial charge on any atom is -0.293 e. The molecule has 1 unspecified atom stereocenters. The predicted molar refractivity (Wildman–Crippen MR) is 93.8 cm³/mol. The number of rotatable bonds is 4. The average Bonchev–Trinajstić information content (AvgIpc) is 2.97. The van der Waals surface area contributed by atoms with Gasteiger partial charge in [-0.2, -0.15) is 13.2 Å². The molecular formula is C17H13ClF3N3OS. The standard InChI is InChI=1S/C17H13ClF3N3OS/c1-9-3-5-11(6-4-9)14(25)10(2)26-16-23-22-15-13(18)7-12(8-24(15)16)17(19,20)21/h3-8,10H,1-2H3. The van der Waals surface area contributed by atoms with Crippen LogP contribution in [0.4, 0.5) is 13.2 Å². The van der Waals surface area contributed by atoms with Gasteiger partial charge in [-0.3, -0.25) is 9.20 Å². The number of fused-ring (bicyclic) bond motifs is 1. The van der Waals surface area contributed by atoms with Gasteiger partial charge in [-0.25, -0.2) is 0 Å². The molecule has 1 atom stereocenters. The minimum atomic E-state index is -4.55. The number of benzene rings is 1. The number of Topliss-reactive ketones (excluding diaryl/α,β-unsaturated/α-hetero) is 1. The summed E-state index contributed by atoms with van der Waals surface area (Å²) in [6.45, 7) is 3.58. The van der Waals surface area contributed by atoms with E-state index in [1.165, 1.54) is 0 Å². The largest absolute Gasteiger partial charge is 0.417 e. The summed E-state index contributed by atoms with van der Waals surface area (Å²) in [5.41, 5.74) is 0.754. The van der Waals surface area contributed by atoms with Gasteiger partial charge in [0.2, 0.25) is 0 Å². The number of halogens is 4. The summed E-state index contributed by atoms with van der Waals surface area (Å²) in [7, 11) is 0. The average molecular weight is 400 g/mol. The summed E-state index contributed by atoms with van der Waals surface area (Å²) in [6.07, 6.45) is -3.67. The first-order valence-corrected chi connectivity index (χ1v) is 8.81. The second kappa shape index (κ2) is 6.92. The highest BCUT2D eigenvalue weighted by Gasteiger charge is 2.32. The van der Waals surface area contributed by atoms with Crippen molar-refractivity contribution in [2.45, 2.75) is 30.4 Å². The van der Waals surface area contributed by atoms with Crippen LogP contribution in [0.15, 0.2) is 41.7 Å². The Hall–Kier alpha value is -2.06. The van der Waals surface area contributed by atoms with Crippen LogP contribution in [0.1, 0.15) is 28.4 Å². The summed E-state index contributed by atoms with van der Waals surface area (Å²) in [5, 5.41) is 7.16. The van der Waals surface area contributed by atoms with Gasteiger partial charge in [-0.15, -0.1) is 10.2 Å². The molecule has 0 aliphatic rings. The molecule has 4 nitrogen and oxygen atoms in total. The first-order chi connectivity index (χ1) is 12.2. The first kappa shape index (κ1) is 18.7. The molecule has 0 aliphatic heterocycles. The number of carbonyl (C=O) groups excluding carboxylic acids is 1. The molecule has 0 aliphatic carbocycles. The van der Waals surface area contributed by atoms with E-state index in [9.17, 15) is 18.0 Å². The zero-order valence-corrected chi connectivity index (χ0v) is 15.3. The van der Waals surface area contributed by atoms with Crippen molar-refractivity contribution in [3.8, 4) is 0 Å². The van der Waals surface area contributed by atoms with E-state index in [-0.39, 0.29) is 21.6 Å². The van der Waals surface area contributed by atoms with Gasteiger partial charge in [-0.1, -0.05) is 53.2 Å². The summed E-state index contributed by atoms with van der Waals surface area (Å²) in [4.78, 5) is 12.5. The highest BCUT2D eigenvalue weighted by atomic mass is 35.5. The van der Waals surface area contributed by atoms with Gasteiger partial charge in [0.1, 0.15) is 0 Å². The Bertz CT molecular complexity index is 970. The van der Waals surface area contributed by atoms with Gasteiger partial charge >= 0.3 is 6.18 Å². The fraction of sp³-hybridized carbons (Fsp3) is 0.235. The van der Waals surface area contributed by atoms with Crippen LogP contribution < -0.4 is 0 Å². The summed E-state index contributed by atoms with van der Waals surface area (Å²) < 4.78 is 40.2. The monoisotopic (exact) mass is 399 g/mol. The summed E-state index contributed by atoms with van der Waals surface area (Å²) in [6, 6.07) is 7.89. The maximum atomic E-state index is 13.0. The molecular weight excluding hydrogens is 387 g/mol. The normalized spacial score (nSPS) is 13.2. The van der Waals surface area contributed by atoms with Crippen LogP contribution in [0.3, 0.4) is 0 Å². The number of nitrogens with zero attached hydrogens (tertiary/aromatic N) is 3. The number of carbonyl (C=O) groups is 1. The first-order valence-electron chi connectivity index (χ1n) is 7.56. The molecule has 0 radical (unpaired) electrons. The SMILES string of the molecule is Cc1ccc(C(=O)C(C)Sc2nnc3c(Cl)cc(C(F)(F)F)cn23)cc1. The zero-order chi connectivity index (χ0) is 19.1. The molecule has 1 aromatic carbocycles. The topological polar surface area (TPSA) is 47.3 Å². The lowest BCUT2D eigenvalue weighted by molar-refractivity contribution is -0.137. The quantitative estimate of drug-likeness (QED) is 0.453. The van der Waals surface area contributed by atoms with Crippen molar-refractivity contribution in [3.63, 3.8) is 0 Å². The van der Waals surface area contributed by atoms with Crippen molar-refractivity contribution in [3.05, 3.63) is 58.2 Å². The number of hydrogen-bond donors (Lipinski definition) is 0. The smallest absolute Gasteiger partial charge is 0.293 e. The lowest BCUT2D eigenvalue weighted by Crippen LogP contribution is -2.14. The Labute approximate surface area is 156 Å². The van der Waals surface area contributed by atoms with E-state index < -0.39 is 17.0 Å². The Morgan fingerprint density at radius 1 is 1.23 bits per heavy atom. The van der Waals surface area contributed by atoms with Crippen LogP contribution in [0, 0.1) is 6.92 Å². The molecule has 136 valence electrons. The van der Waals surface area contributed by atoms with Crippen molar-refractivity contribution >= 4 is 34.8 Å². The second-order valence-corrected chi connectivity index (χ2v) is 7.46. The number of aromatic nitrogens is 3. The van der Waals surface area contributed by atoms with Gasteiger partial charge < -0.3 is 0 Å². The molecule has 3 aromatic rings. The van der Waals surface area contributed by atoms with Crippen molar-refractivity contribution in [1.29, 1.82) is 0 Å². The predicted octanol–water partition coefficient (Wildman–Crippen LogP) is 5.07. The molecule has 2 aromatic heterocycles. The van der Waals surface area contributed by atoms with Crippen molar-refractivity contribution in [1.82, 2.24) is 14.6 Å². The van der Waals surface area contributed by atoms with E-state index in [2.05, 4.69) is 10.2 Å². The molecule has 26 heavy (non-hydrogen) atoms. The van der Waals surface area contributed by atoms with Crippen molar-refractivity contribution < 1.29 is 18.0 Å². The Kier molecular flexibility index (Phi) is 4.98. The van der Waals surface area contributed by atoms with Gasteiger partial charge in [0.15, 0.2) is 16.6 Å². The summed E-state index contributed by atoms with van der Waals surface area (Å²) >= 11 is 6.92. The second-order valence-electron chi connectivity index (χ2n) is 5.74. The van der Waals surface area contributed by atoms with Gasteiger partial charge in [-0.05, 0) is 19.9 Å². The number of pyridine rings is 1. The Balaban J connectivity index is 1.92. The molecule has 0 saturated heterocycles. The van der Waals surface area contributed by atoms with E-state index in [4.69, 9.17) is 11.6 Å². The third kappa shape index (κ3) is 3.71. The van der Waals surface area contributed by atoms with Crippen LogP contribution in [0.2, 0.25) is 5.02 Å². The third-order valence-electron chi connectivity index (χ3n) is 3.74. The Morgan fingerprint density at radius 3 is 2.50 bits per heavy atom. The summed E-state index contributed by atoms with van der Waals surface area (Å²) in [5.74, 6) is -0.148. The number of ketones is 1. The maximum absolute atomic E-state index is 13.0. The molecule has 0 amide bonds. The lowest BCUT2D eigenvalue weighted by atomic mass is 10.1. The van der Waals surface area contributed by atoms with E-state index in [1.54, 1.807) is 19.1 Å². The molecule has 0 N–H and O–H groups in total. The third-order valence-corrected chi connectivity index (χ3v) is 5.08. The number of aryl methyl sites for hydroxylation is 1. The minimum absolute atomic E-state index is 0.108. The maximum Gasteiger partial charge on any atom is 0.417 e. The van der Waals surface area contributed by atoms with Gasteiger partial charge in [0.25, 0.3) is 0 Å². The van der Waals surface area contributed by atoms with Crippen LogP contribution in [-0.4, -0.2) is 25.6 Å².